The van der Waals surface area contributed by atoms with Gasteiger partial charge in [-0.25, -0.2) is 0 Å². The van der Waals surface area contributed by atoms with Crippen LogP contribution in [0.1, 0.15) is 36.7 Å². The summed E-state index contributed by atoms with van der Waals surface area (Å²) in [6.45, 7) is 7.48. The number of carbonyl (C=O) groups excluding carboxylic acids is 1. The highest BCUT2D eigenvalue weighted by Crippen LogP contribution is 2.42. The van der Waals surface area contributed by atoms with Gasteiger partial charge in [-0.05, 0) is 49.7 Å². The number of ketones is 1. The maximum atomic E-state index is 12.3. The van der Waals surface area contributed by atoms with E-state index >= 15 is 0 Å². The van der Waals surface area contributed by atoms with E-state index in [0.29, 0.717) is 16.9 Å². The fraction of sp³-hybridized carbons (Fsp3) is 0.167. The fourth-order valence-corrected chi connectivity index (χ4v) is 3.32. The molecule has 0 radical (unpaired) electrons. The molecule has 1 aliphatic carbocycles. The molecule has 2 aromatic carbocycles. The molecule has 4 rings (SSSR count). The monoisotopic (exact) mass is 374 g/mol. The third kappa shape index (κ3) is 3.41. The number of aryl methyl sites for hydroxylation is 1. The van der Waals surface area contributed by atoms with Gasteiger partial charge in [0.2, 0.25) is 0 Å². The lowest BCUT2D eigenvalue weighted by Crippen LogP contribution is -2.02. The summed E-state index contributed by atoms with van der Waals surface area (Å²) in [7, 11) is 0. The third-order valence-electron chi connectivity index (χ3n) is 4.50. The lowest BCUT2D eigenvalue weighted by molar-refractivity contribution is 0.101. The maximum absolute atomic E-state index is 12.3. The lowest BCUT2D eigenvalue weighted by atomic mass is 9.89. The smallest absolute Gasteiger partial charge is 0.182 e. The standard InChI is InChI=1S/C22H16O4.C2H6/c1-12-3-6-16(19(9-12)13(2)23)22-17-7-4-14(24)10-20(17)26-21-11-15(25)5-8-18(21)22;1-2/h3-11,24H,1-2H3;1-2H3. The predicted molar refractivity (Wildman–Crippen MR) is 112 cm³/mol. The minimum absolute atomic E-state index is 0.0370. The highest BCUT2D eigenvalue weighted by Gasteiger charge is 2.20. The summed E-state index contributed by atoms with van der Waals surface area (Å²) in [6, 6.07) is 15.2. The van der Waals surface area contributed by atoms with Crippen molar-refractivity contribution in [3.63, 3.8) is 0 Å². The van der Waals surface area contributed by atoms with E-state index in [1.165, 1.54) is 25.1 Å². The SMILES string of the molecule is CC.CC(=O)c1cc(C)ccc1-c1c2ccc(=O)cc-2oc2cc(O)ccc12. The quantitative estimate of drug-likeness (QED) is 0.355. The van der Waals surface area contributed by atoms with E-state index < -0.39 is 0 Å². The Morgan fingerprint density at radius 2 is 1.64 bits per heavy atom. The van der Waals surface area contributed by atoms with E-state index in [-0.39, 0.29) is 17.0 Å². The number of hydrogen-bond donors (Lipinski definition) is 1. The summed E-state index contributed by atoms with van der Waals surface area (Å²) in [5.74, 6) is 0.450. The number of phenolic OH excluding ortho intramolecular Hbond substituents is 1. The van der Waals surface area contributed by atoms with Gasteiger partial charge in [-0.1, -0.05) is 31.5 Å². The minimum atomic E-state index is -0.164. The van der Waals surface area contributed by atoms with Gasteiger partial charge >= 0.3 is 0 Å². The van der Waals surface area contributed by atoms with Crippen LogP contribution in [0.25, 0.3) is 33.4 Å². The Hall–Kier alpha value is -3.40. The largest absolute Gasteiger partial charge is 0.508 e. The van der Waals surface area contributed by atoms with Gasteiger partial charge in [-0.15, -0.1) is 0 Å². The van der Waals surface area contributed by atoms with Gasteiger partial charge in [-0.3, -0.25) is 9.59 Å². The maximum Gasteiger partial charge on any atom is 0.182 e. The van der Waals surface area contributed by atoms with Crippen molar-refractivity contribution in [1.82, 2.24) is 0 Å². The Balaban J connectivity index is 0.00000109. The van der Waals surface area contributed by atoms with E-state index in [1.807, 2.05) is 39.0 Å². The van der Waals surface area contributed by atoms with Crippen LogP contribution in [-0.2, 0) is 0 Å². The van der Waals surface area contributed by atoms with Crippen LogP contribution in [-0.4, -0.2) is 10.9 Å². The molecular weight excluding hydrogens is 352 g/mol. The van der Waals surface area contributed by atoms with Crippen molar-refractivity contribution in [3.8, 4) is 28.2 Å². The van der Waals surface area contributed by atoms with E-state index in [9.17, 15) is 14.7 Å². The third-order valence-corrected chi connectivity index (χ3v) is 4.50. The zero-order chi connectivity index (χ0) is 20.4. The Bertz CT molecular complexity index is 1200. The van der Waals surface area contributed by atoms with Crippen LogP contribution in [0, 0.1) is 6.92 Å². The lowest BCUT2D eigenvalue weighted by Gasteiger charge is -2.17. The normalized spacial score (nSPS) is 10.6. The van der Waals surface area contributed by atoms with E-state index in [1.54, 1.807) is 18.2 Å². The van der Waals surface area contributed by atoms with Crippen LogP contribution in [0.4, 0.5) is 0 Å². The summed E-state index contributed by atoms with van der Waals surface area (Å²) in [5.41, 5.74) is 4.22. The first-order valence-electron chi connectivity index (χ1n) is 9.25. The van der Waals surface area contributed by atoms with Gasteiger partial charge in [0.15, 0.2) is 11.2 Å². The number of fused-ring (bicyclic) bond motifs is 2. The van der Waals surface area contributed by atoms with Crippen molar-refractivity contribution in [2.24, 2.45) is 0 Å². The van der Waals surface area contributed by atoms with Gasteiger partial charge < -0.3 is 9.52 Å². The fourth-order valence-electron chi connectivity index (χ4n) is 3.32. The zero-order valence-electron chi connectivity index (χ0n) is 16.4. The molecule has 28 heavy (non-hydrogen) atoms. The number of benzene rings is 3. The van der Waals surface area contributed by atoms with Crippen molar-refractivity contribution in [3.05, 3.63) is 75.9 Å². The molecule has 0 saturated heterocycles. The Morgan fingerprint density at radius 1 is 0.929 bits per heavy atom. The Labute approximate surface area is 163 Å². The highest BCUT2D eigenvalue weighted by atomic mass is 16.3. The first kappa shape index (κ1) is 19.4. The van der Waals surface area contributed by atoms with Crippen molar-refractivity contribution in [1.29, 1.82) is 0 Å². The number of carbonyl (C=O) groups is 1. The van der Waals surface area contributed by atoms with E-state index in [0.717, 1.165) is 27.6 Å². The number of phenols is 1. The molecule has 1 N–H and O–H groups in total. The van der Waals surface area contributed by atoms with Gasteiger partial charge in [0.1, 0.15) is 17.1 Å². The van der Waals surface area contributed by atoms with Gasteiger partial charge in [-0.2, -0.15) is 0 Å². The molecule has 4 heteroatoms. The summed E-state index contributed by atoms with van der Waals surface area (Å²) >= 11 is 0. The number of aromatic hydroxyl groups is 1. The molecule has 0 spiro atoms. The predicted octanol–water partition coefficient (Wildman–Crippen LogP) is 5.81. The topological polar surface area (TPSA) is 67.5 Å². The van der Waals surface area contributed by atoms with Crippen LogP contribution in [0.15, 0.2) is 63.8 Å². The number of hydrogen-bond acceptors (Lipinski definition) is 4. The molecule has 1 aliphatic heterocycles. The summed E-state index contributed by atoms with van der Waals surface area (Å²) in [6.07, 6.45) is 0. The Kier molecular flexibility index (Phi) is 5.32. The summed E-state index contributed by atoms with van der Waals surface area (Å²) in [5, 5.41) is 10.6. The second-order valence-electron chi connectivity index (χ2n) is 6.42. The first-order valence-corrected chi connectivity index (χ1v) is 9.25. The van der Waals surface area contributed by atoms with Crippen molar-refractivity contribution >= 4 is 16.8 Å². The van der Waals surface area contributed by atoms with Crippen LogP contribution in [0.2, 0.25) is 0 Å². The molecule has 1 heterocycles. The minimum Gasteiger partial charge on any atom is -0.508 e. The number of Topliss-reactive ketones (excluding diaryl/α,β-unsaturated/α-hetero) is 1. The second kappa shape index (κ2) is 7.69. The Morgan fingerprint density at radius 3 is 2.36 bits per heavy atom. The zero-order valence-corrected chi connectivity index (χ0v) is 16.4. The van der Waals surface area contributed by atoms with Crippen LogP contribution >= 0.6 is 0 Å². The molecule has 2 aromatic rings. The molecule has 0 saturated carbocycles. The van der Waals surface area contributed by atoms with Gasteiger partial charge in [0, 0.05) is 34.2 Å². The van der Waals surface area contributed by atoms with Crippen molar-refractivity contribution in [2.75, 3.05) is 0 Å². The molecule has 0 amide bonds. The van der Waals surface area contributed by atoms with Crippen molar-refractivity contribution < 1.29 is 14.3 Å². The van der Waals surface area contributed by atoms with E-state index in [2.05, 4.69) is 0 Å². The molecule has 0 fully saturated rings. The van der Waals surface area contributed by atoms with Gasteiger partial charge in [0.25, 0.3) is 0 Å². The average Bonchev–Trinajstić information content (AvgIpc) is 2.67. The van der Waals surface area contributed by atoms with Crippen LogP contribution in [0.3, 0.4) is 0 Å². The van der Waals surface area contributed by atoms with Crippen molar-refractivity contribution in [2.45, 2.75) is 27.7 Å². The van der Waals surface area contributed by atoms with Crippen LogP contribution < -0.4 is 5.43 Å². The highest BCUT2D eigenvalue weighted by molar-refractivity contribution is 6.09. The molecule has 0 unspecified atom stereocenters. The molecular formula is C24H22O4. The second-order valence-corrected chi connectivity index (χ2v) is 6.42. The molecule has 2 aliphatic rings. The molecule has 0 aromatic heterocycles. The molecule has 0 bridgehead atoms. The van der Waals surface area contributed by atoms with Crippen LogP contribution in [0.5, 0.6) is 5.75 Å². The summed E-state index contributed by atoms with van der Waals surface area (Å²) in [4.78, 5) is 24.0. The number of rotatable bonds is 2. The molecule has 4 nitrogen and oxygen atoms in total. The average molecular weight is 374 g/mol. The first-order chi connectivity index (χ1) is 13.4. The molecule has 142 valence electrons. The van der Waals surface area contributed by atoms with Gasteiger partial charge in [0.05, 0.1) is 0 Å². The van der Waals surface area contributed by atoms with E-state index in [4.69, 9.17) is 4.42 Å². The summed E-state index contributed by atoms with van der Waals surface area (Å²) < 4.78 is 5.85. The molecule has 0 atom stereocenters.